The Labute approximate surface area is 152 Å². The maximum Gasteiger partial charge on any atom is 0.416 e. The van der Waals surface area contributed by atoms with Crippen LogP contribution < -0.4 is 5.48 Å². The van der Waals surface area contributed by atoms with E-state index < -0.39 is 23.1 Å². The predicted octanol–water partition coefficient (Wildman–Crippen LogP) is 4.84. The number of carbonyl (C=O) groups excluding carboxylic acids is 1. The minimum Gasteiger partial charge on any atom is -0.277 e. The summed E-state index contributed by atoms with van der Waals surface area (Å²) in [6.07, 6.45) is -4.72. The third-order valence-corrected chi connectivity index (χ3v) is 4.57. The molecule has 1 N–H and O–H groups in total. The van der Waals surface area contributed by atoms with Gasteiger partial charge in [0.2, 0.25) is 5.91 Å². The van der Waals surface area contributed by atoms with Crippen LogP contribution in [-0.4, -0.2) is 13.0 Å². The van der Waals surface area contributed by atoms with Gasteiger partial charge in [0.25, 0.3) is 0 Å². The lowest BCUT2D eigenvalue weighted by atomic mass is 9.72. The first-order valence-corrected chi connectivity index (χ1v) is 8.22. The summed E-state index contributed by atoms with van der Waals surface area (Å²) in [5.74, 6) is -0.509. The highest BCUT2D eigenvalue weighted by Gasteiger charge is 2.41. The molecule has 0 aliphatic carbocycles. The number of hydroxylamine groups is 1. The van der Waals surface area contributed by atoms with Crippen molar-refractivity contribution in [2.45, 2.75) is 24.9 Å². The Hall–Kier alpha value is -1.86. The second-order valence-corrected chi connectivity index (χ2v) is 6.70. The zero-order valence-electron chi connectivity index (χ0n) is 13.7. The minimum absolute atomic E-state index is 0.0380. The van der Waals surface area contributed by atoms with Crippen LogP contribution in [0.2, 0.25) is 0 Å². The van der Waals surface area contributed by atoms with Crippen molar-refractivity contribution in [3.05, 3.63) is 69.7 Å². The van der Waals surface area contributed by atoms with Gasteiger partial charge in [-0.05, 0) is 29.3 Å². The van der Waals surface area contributed by atoms with Crippen molar-refractivity contribution in [3.63, 3.8) is 0 Å². The third-order valence-electron chi connectivity index (χ3n) is 4.04. The molecule has 0 saturated carbocycles. The Balaban J connectivity index is 2.64. The van der Waals surface area contributed by atoms with Crippen LogP contribution in [0.3, 0.4) is 0 Å². The monoisotopic (exact) mass is 415 g/mol. The molecule has 0 aliphatic rings. The lowest BCUT2D eigenvalue weighted by molar-refractivity contribution is -0.139. The molecular weight excluding hydrogens is 399 g/mol. The summed E-state index contributed by atoms with van der Waals surface area (Å²) in [5, 5.41) is 0. The standard InChI is InChI=1S/C18H17BrF3NO2/c1-17(11-16(24)23-25-2,12-7-9-13(19)10-8-12)14-5-3-4-6-15(14)18(20,21)22/h3-10H,11H2,1-2H3,(H,23,24). The molecule has 25 heavy (non-hydrogen) atoms. The lowest BCUT2D eigenvalue weighted by Gasteiger charge is -2.32. The van der Waals surface area contributed by atoms with Crippen LogP contribution in [0.15, 0.2) is 53.0 Å². The Kier molecular flexibility index (Phi) is 5.90. The van der Waals surface area contributed by atoms with Crippen LogP contribution in [0, 0.1) is 0 Å². The van der Waals surface area contributed by atoms with Gasteiger partial charge in [-0.15, -0.1) is 0 Å². The van der Waals surface area contributed by atoms with Gasteiger partial charge in [0.15, 0.2) is 0 Å². The topological polar surface area (TPSA) is 38.3 Å². The normalized spacial score (nSPS) is 14.0. The quantitative estimate of drug-likeness (QED) is 0.709. The van der Waals surface area contributed by atoms with Crippen molar-refractivity contribution in [1.29, 1.82) is 0 Å². The van der Waals surface area contributed by atoms with Crippen LogP contribution in [-0.2, 0) is 21.2 Å². The van der Waals surface area contributed by atoms with E-state index in [0.29, 0.717) is 5.56 Å². The molecule has 0 heterocycles. The fourth-order valence-electron chi connectivity index (χ4n) is 2.85. The van der Waals surface area contributed by atoms with Crippen LogP contribution in [0.4, 0.5) is 13.2 Å². The van der Waals surface area contributed by atoms with E-state index in [1.807, 2.05) is 0 Å². The molecule has 7 heteroatoms. The van der Waals surface area contributed by atoms with Gasteiger partial charge >= 0.3 is 6.18 Å². The molecular formula is C18H17BrF3NO2. The number of amides is 1. The number of benzene rings is 2. The molecule has 1 unspecified atom stereocenters. The summed E-state index contributed by atoms with van der Waals surface area (Å²) < 4.78 is 41.3. The Morgan fingerprint density at radius 1 is 1.08 bits per heavy atom. The average Bonchev–Trinajstić information content (AvgIpc) is 2.54. The van der Waals surface area contributed by atoms with Gasteiger partial charge < -0.3 is 0 Å². The molecule has 0 aromatic heterocycles. The maximum absolute atomic E-state index is 13.5. The van der Waals surface area contributed by atoms with Crippen LogP contribution in [0.5, 0.6) is 0 Å². The van der Waals surface area contributed by atoms with Crippen molar-refractivity contribution in [2.24, 2.45) is 0 Å². The molecule has 3 nitrogen and oxygen atoms in total. The Bertz CT molecular complexity index is 747. The highest BCUT2D eigenvalue weighted by atomic mass is 79.9. The Morgan fingerprint density at radius 2 is 1.64 bits per heavy atom. The van der Waals surface area contributed by atoms with Crippen LogP contribution in [0.25, 0.3) is 0 Å². The molecule has 0 fully saturated rings. The second kappa shape index (κ2) is 7.58. The van der Waals surface area contributed by atoms with Crippen molar-refractivity contribution < 1.29 is 22.8 Å². The summed E-state index contributed by atoms with van der Waals surface area (Å²) in [7, 11) is 1.28. The Morgan fingerprint density at radius 3 is 2.16 bits per heavy atom. The van der Waals surface area contributed by atoms with E-state index in [1.54, 1.807) is 31.2 Å². The molecule has 0 bridgehead atoms. The summed E-state index contributed by atoms with van der Waals surface area (Å²) in [6, 6.07) is 12.2. The molecule has 2 aromatic rings. The molecule has 0 saturated heterocycles. The highest BCUT2D eigenvalue weighted by molar-refractivity contribution is 9.10. The SMILES string of the molecule is CONC(=O)CC(C)(c1ccc(Br)cc1)c1ccccc1C(F)(F)F. The van der Waals surface area contributed by atoms with Crippen molar-refractivity contribution >= 4 is 21.8 Å². The van der Waals surface area contributed by atoms with Gasteiger partial charge in [-0.3, -0.25) is 9.63 Å². The van der Waals surface area contributed by atoms with E-state index in [4.69, 9.17) is 0 Å². The molecule has 134 valence electrons. The molecule has 0 radical (unpaired) electrons. The van der Waals surface area contributed by atoms with E-state index in [-0.39, 0.29) is 12.0 Å². The van der Waals surface area contributed by atoms with E-state index >= 15 is 0 Å². The molecule has 0 spiro atoms. The number of nitrogens with one attached hydrogen (secondary N) is 1. The number of halogens is 4. The minimum atomic E-state index is -4.52. The zero-order valence-corrected chi connectivity index (χ0v) is 15.2. The van der Waals surface area contributed by atoms with E-state index in [0.717, 1.165) is 10.5 Å². The lowest BCUT2D eigenvalue weighted by Crippen LogP contribution is -2.35. The van der Waals surface area contributed by atoms with Gasteiger partial charge in [-0.25, -0.2) is 5.48 Å². The van der Waals surface area contributed by atoms with Gasteiger partial charge in [0.1, 0.15) is 0 Å². The smallest absolute Gasteiger partial charge is 0.277 e. The molecule has 2 rings (SSSR count). The molecule has 1 amide bonds. The van der Waals surface area contributed by atoms with Gasteiger partial charge in [-0.1, -0.05) is 53.2 Å². The first-order chi connectivity index (χ1) is 11.7. The summed E-state index contributed by atoms with van der Waals surface area (Å²) in [6.45, 7) is 1.62. The number of carbonyl (C=O) groups is 1. The largest absolute Gasteiger partial charge is 0.416 e. The van der Waals surface area contributed by atoms with E-state index in [9.17, 15) is 18.0 Å². The predicted molar refractivity (Wildman–Crippen MR) is 91.8 cm³/mol. The number of rotatable bonds is 5. The molecule has 1 atom stereocenters. The summed E-state index contributed by atoms with van der Waals surface area (Å²) in [4.78, 5) is 16.7. The molecule has 0 aliphatic heterocycles. The number of hydrogen-bond acceptors (Lipinski definition) is 2. The van der Waals surface area contributed by atoms with Crippen molar-refractivity contribution in [3.8, 4) is 0 Å². The first-order valence-electron chi connectivity index (χ1n) is 7.43. The number of hydrogen-bond donors (Lipinski definition) is 1. The van der Waals surface area contributed by atoms with E-state index in [2.05, 4.69) is 26.2 Å². The van der Waals surface area contributed by atoms with E-state index in [1.165, 1.54) is 25.3 Å². The fourth-order valence-corrected chi connectivity index (χ4v) is 3.12. The fraction of sp³-hybridized carbons (Fsp3) is 0.278. The number of alkyl halides is 3. The van der Waals surface area contributed by atoms with Gasteiger partial charge in [0.05, 0.1) is 12.7 Å². The van der Waals surface area contributed by atoms with Crippen molar-refractivity contribution in [1.82, 2.24) is 5.48 Å². The first kappa shape index (κ1) is 19.5. The van der Waals surface area contributed by atoms with Crippen LogP contribution >= 0.6 is 15.9 Å². The average molecular weight is 416 g/mol. The maximum atomic E-state index is 13.5. The molecule has 2 aromatic carbocycles. The van der Waals surface area contributed by atoms with Crippen molar-refractivity contribution in [2.75, 3.05) is 7.11 Å². The second-order valence-electron chi connectivity index (χ2n) is 5.79. The van der Waals surface area contributed by atoms with Gasteiger partial charge in [-0.2, -0.15) is 13.2 Å². The van der Waals surface area contributed by atoms with Gasteiger partial charge in [0, 0.05) is 16.3 Å². The summed E-state index contributed by atoms with van der Waals surface area (Å²) in [5.41, 5.74) is 0.871. The highest BCUT2D eigenvalue weighted by Crippen LogP contribution is 2.43. The zero-order chi connectivity index (χ0) is 18.7. The summed E-state index contributed by atoms with van der Waals surface area (Å²) >= 11 is 3.31. The van der Waals surface area contributed by atoms with Crippen LogP contribution in [0.1, 0.15) is 30.0 Å². The third kappa shape index (κ3) is 4.41.